The molecule has 1 saturated heterocycles. The Labute approximate surface area is 171 Å². The maximum absolute atomic E-state index is 13.4. The number of alkyl halides is 3. The zero-order chi connectivity index (χ0) is 21.7. The summed E-state index contributed by atoms with van der Waals surface area (Å²) in [4.78, 5) is 29.7. The summed E-state index contributed by atoms with van der Waals surface area (Å²) in [5, 5.41) is 2.40. The Bertz CT molecular complexity index is 928. The minimum Gasteiger partial charge on any atom is -0.369 e. The monoisotopic (exact) mass is 418 g/mol. The van der Waals surface area contributed by atoms with E-state index in [1.165, 1.54) is 30.5 Å². The number of nitrogens with two attached hydrogens (primary N) is 1. The van der Waals surface area contributed by atoms with Gasteiger partial charge in [0.15, 0.2) is 0 Å². The molecule has 1 aromatic heterocycles. The van der Waals surface area contributed by atoms with Gasteiger partial charge in [-0.15, -0.1) is 0 Å². The SMILES string of the molecule is NC(=O)C1CCCN(c2ccc(NC(=O)/C=C(/c3ccccc3)C(F)(F)F)cn2)C1. The van der Waals surface area contributed by atoms with Crippen LogP contribution in [0, 0.1) is 5.92 Å². The van der Waals surface area contributed by atoms with Crippen LogP contribution in [0.15, 0.2) is 54.7 Å². The Morgan fingerprint density at radius 3 is 2.50 bits per heavy atom. The number of nitrogens with one attached hydrogen (secondary N) is 1. The molecule has 30 heavy (non-hydrogen) atoms. The first-order valence-corrected chi connectivity index (χ1v) is 9.39. The van der Waals surface area contributed by atoms with Gasteiger partial charge in [-0.25, -0.2) is 4.98 Å². The highest BCUT2D eigenvalue weighted by Crippen LogP contribution is 2.33. The second-order valence-corrected chi connectivity index (χ2v) is 7.00. The molecule has 2 heterocycles. The van der Waals surface area contributed by atoms with Crippen molar-refractivity contribution in [3.05, 3.63) is 60.3 Å². The quantitative estimate of drug-likeness (QED) is 0.729. The molecule has 2 aromatic rings. The summed E-state index contributed by atoms with van der Waals surface area (Å²) in [5.41, 5.74) is 4.52. The van der Waals surface area contributed by atoms with Crippen molar-refractivity contribution < 1.29 is 22.8 Å². The molecular weight excluding hydrogens is 397 g/mol. The smallest absolute Gasteiger partial charge is 0.369 e. The summed E-state index contributed by atoms with van der Waals surface area (Å²) >= 11 is 0. The number of anilines is 2. The lowest BCUT2D eigenvalue weighted by Crippen LogP contribution is -2.41. The summed E-state index contributed by atoms with van der Waals surface area (Å²) in [6.07, 6.45) is -1.24. The third kappa shape index (κ3) is 5.37. The minimum atomic E-state index is -4.67. The predicted molar refractivity (Wildman–Crippen MR) is 107 cm³/mol. The number of rotatable bonds is 5. The van der Waals surface area contributed by atoms with Gasteiger partial charge in [0.2, 0.25) is 11.8 Å². The van der Waals surface area contributed by atoms with Gasteiger partial charge >= 0.3 is 6.18 Å². The van der Waals surface area contributed by atoms with E-state index in [-0.39, 0.29) is 23.1 Å². The average molecular weight is 418 g/mol. The molecule has 3 N–H and O–H groups in total. The molecule has 2 amide bonds. The molecule has 6 nitrogen and oxygen atoms in total. The highest BCUT2D eigenvalue weighted by molar-refractivity contribution is 6.04. The summed E-state index contributed by atoms with van der Waals surface area (Å²) in [6.45, 7) is 1.18. The Balaban J connectivity index is 1.71. The topological polar surface area (TPSA) is 88.3 Å². The summed E-state index contributed by atoms with van der Waals surface area (Å²) in [6, 6.07) is 10.3. The van der Waals surface area contributed by atoms with Gasteiger partial charge < -0.3 is 16.0 Å². The zero-order valence-corrected chi connectivity index (χ0v) is 16.0. The van der Waals surface area contributed by atoms with Crippen LogP contribution in [0.1, 0.15) is 18.4 Å². The number of halogens is 3. The maximum Gasteiger partial charge on any atom is 0.417 e. The van der Waals surface area contributed by atoms with Crippen LogP contribution in [0.5, 0.6) is 0 Å². The third-order valence-electron chi connectivity index (χ3n) is 4.83. The molecule has 0 radical (unpaired) electrons. The van der Waals surface area contributed by atoms with Gasteiger partial charge in [-0.3, -0.25) is 9.59 Å². The lowest BCUT2D eigenvalue weighted by molar-refractivity contribution is -0.122. The van der Waals surface area contributed by atoms with Crippen molar-refractivity contribution in [2.24, 2.45) is 11.7 Å². The number of aromatic nitrogens is 1. The maximum atomic E-state index is 13.4. The van der Waals surface area contributed by atoms with E-state index >= 15 is 0 Å². The molecule has 9 heteroatoms. The van der Waals surface area contributed by atoms with E-state index in [9.17, 15) is 22.8 Å². The first kappa shape index (κ1) is 21.4. The van der Waals surface area contributed by atoms with Crippen LogP contribution in [0.25, 0.3) is 5.57 Å². The van der Waals surface area contributed by atoms with Crippen LogP contribution in [0.4, 0.5) is 24.7 Å². The number of hydrogen-bond acceptors (Lipinski definition) is 4. The molecule has 1 unspecified atom stereocenters. The first-order chi connectivity index (χ1) is 14.2. The second-order valence-electron chi connectivity index (χ2n) is 7.00. The van der Waals surface area contributed by atoms with Crippen molar-refractivity contribution in [2.75, 3.05) is 23.3 Å². The number of allylic oxidation sites excluding steroid dienone is 1. The van der Waals surface area contributed by atoms with Crippen molar-refractivity contribution in [1.82, 2.24) is 4.98 Å². The van der Waals surface area contributed by atoms with Crippen molar-refractivity contribution in [3.8, 4) is 0 Å². The van der Waals surface area contributed by atoms with Gasteiger partial charge in [-0.05, 0) is 30.5 Å². The normalized spacial score (nSPS) is 17.5. The van der Waals surface area contributed by atoms with Crippen molar-refractivity contribution in [1.29, 1.82) is 0 Å². The highest BCUT2D eigenvalue weighted by atomic mass is 19.4. The van der Waals surface area contributed by atoms with E-state index in [2.05, 4.69) is 10.3 Å². The number of carbonyl (C=O) groups is 2. The lowest BCUT2D eigenvalue weighted by Gasteiger charge is -2.32. The van der Waals surface area contributed by atoms with Gasteiger partial charge in [0.1, 0.15) is 5.82 Å². The largest absolute Gasteiger partial charge is 0.417 e. The lowest BCUT2D eigenvalue weighted by atomic mass is 9.97. The molecule has 1 aliphatic rings. The Morgan fingerprint density at radius 2 is 1.90 bits per heavy atom. The van der Waals surface area contributed by atoms with Crippen LogP contribution in [-0.4, -0.2) is 36.1 Å². The van der Waals surface area contributed by atoms with E-state index < -0.39 is 17.7 Å². The predicted octanol–water partition coefficient (Wildman–Crippen LogP) is 3.37. The Hall–Kier alpha value is -3.36. The van der Waals surface area contributed by atoms with Gasteiger partial charge in [0, 0.05) is 19.2 Å². The molecule has 3 rings (SSSR count). The number of nitrogens with zero attached hydrogens (tertiary/aromatic N) is 2. The number of primary amides is 1. The van der Waals surface area contributed by atoms with Gasteiger partial charge in [-0.1, -0.05) is 30.3 Å². The molecule has 1 aliphatic heterocycles. The molecule has 158 valence electrons. The average Bonchev–Trinajstić information content (AvgIpc) is 2.72. The summed E-state index contributed by atoms with van der Waals surface area (Å²) in [5.74, 6) is -0.902. The first-order valence-electron chi connectivity index (χ1n) is 9.39. The van der Waals surface area contributed by atoms with Crippen molar-refractivity contribution in [2.45, 2.75) is 19.0 Å². The number of carbonyl (C=O) groups excluding carboxylic acids is 2. The molecular formula is C21H21F3N4O2. The fraction of sp³-hybridized carbons (Fsp3) is 0.286. The van der Waals surface area contributed by atoms with Crippen LogP contribution >= 0.6 is 0 Å². The number of pyridine rings is 1. The molecule has 0 spiro atoms. The second kappa shape index (κ2) is 8.98. The molecule has 1 fully saturated rings. The van der Waals surface area contributed by atoms with Gasteiger partial charge in [0.05, 0.1) is 23.4 Å². The van der Waals surface area contributed by atoms with E-state index in [1.807, 2.05) is 4.90 Å². The van der Waals surface area contributed by atoms with E-state index in [1.54, 1.807) is 18.2 Å². The fourth-order valence-corrected chi connectivity index (χ4v) is 3.32. The molecule has 0 bridgehead atoms. The highest BCUT2D eigenvalue weighted by Gasteiger charge is 2.35. The van der Waals surface area contributed by atoms with Gasteiger partial charge in [0.25, 0.3) is 0 Å². The van der Waals surface area contributed by atoms with Crippen LogP contribution in [-0.2, 0) is 9.59 Å². The van der Waals surface area contributed by atoms with Crippen molar-refractivity contribution >= 4 is 28.9 Å². The number of piperidine rings is 1. The van der Waals surface area contributed by atoms with Gasteiger partial charge in [-0.2, -0.15) is 13.2 Å². The number of hydrogen-bond donors (Lipinski definition) is 2. The molecule has 1 atom stereocenters. The third-order valence-corrected chi connectivity index (χ3v) is 4.83. The summed E-state index contributed by atoms with van der Waals surface area (Å²) in [7, 11) is 0. The molecule has 0 aliphatic carbocycles. The fourth-order valence-electron chi connectivity index (χ4n) is 3.32. The minimum absolute atomic E-state index is 0.0947. The van der Waals surface area contributed by atoms with E-state index in [0.29, 0.717) is 18.4 Å². The van der Waals surface area contributed by atoms with Crippen LogP contribution in [0.3, 0.4) is 0 Å². The van der Waals surface area contributed by atoms with Crippen LogP contribution in [0.2, 0.25) is 0 Å². The number of amides is 2. The van der Waals surface area contributed by atoms with E-state index in [0.717, 1.165) is 19.4 Å². The number of benzene rings is 1. The van der Waals surface area contributed by atoms with Crippen molar-refractivity contribution in [3.63, 3.8) is 0 Å². The molecule has 1 aromatic carbocycles. The standard InChI is InChI=1S/C21H21F3N4O2/c22-21(23,24)17(14-5-2-1-3-6-14)11-19(29)27-16-8-9-18(26-12-16)28-10-4-7-15(13-28)20(25)30/h1-3,5-6,8-9,11-12,15H,4,7,10,13H2,(H2,25,30)(H,27,29)/b17-11-. The zero-order valence-electron chi connectivity index (χ0n) is 16.0. The Morgan fingerprint density at radius 1 is 1.17 bits per heavy atom. The summed E-state index contributed by atoms with van der Waals surface area (Å²) < 4.78 is 40.1. The van der Waals surface area contributed by atoms with E-state index in [4.69, 9.17) is 5.73 Å². The Kier molecular flexibility index (Phi) is 6.39. The molecule has 0 saturated carbocycles. The van der Waals surface area contributed by atoms with Crippen LogP contribution < -0.4 is 16.0 Å².